The second kappa shape index (κ2) is 11.5. The lowest BCUT2D eigenvalue weighted by molar-refractivity contribution is -0.155. The van der Waals surface area contributed by atoms with E-state index in [0.717, 1.165) is 12.8 Å². The molecule has 0 radical (unpaired) electrons. The van der Waals surface area contributed by atoms with Crippen LogP contribution in [0.3, 0.4) is 0 Å². The fraction of sp³-hybridized carbons (Fsp3) is 0.750. The van der Waals surface area contributed by atoms with Crippen molar-refractivity contribution in [1.29, 1.82) is 0 Å². The van der Waals surface area contributed by atoms with Gasteiger partial charge in [-0.25, -0.2) is 0 Å². The van der Waals surface area contributed by atoms with E-state index in [1.807, 2.05) is 18.7 Å². The van der Waals surface area contributed by atoms with Crippen molar-refractivity contribution in [2.75, 3.05) is 33.3 Å². The summed E-state index contributed by atoms with van der Waals surface area (Å²) < 4.78 is 6.83. The Morgan fingerprint density at radius 1 is 1.19 bits per heavy atom. The summed E-state index contributed by atoms with van der Waals surface area (Å²) in [6, 6.07) is -0.802. The highest BCUT2D eigenvalue weighted by Crippen LogP contribution is 2.64. The second-order valence-corrected chi connectivity index (χ2v) is 10.7. The fourth-order valence-electron chi connectivity index (χ4n) is 6.89. The number of amides is 3. The van der Waals surface area contributed by atoms with Crippen LogP contribution in [-0.4, -0.2) is 94.1 Å². The number of hydrogen-bond donors (Lipinski definition) is 1. The summed E-state index contributed by atoms with van der Waals surface area (Å²) in [6.45, 7) is 14.9. The molecule has 36 heavy (non-hydrogen) atoms. The van der Waals surface area contributed by atoms with Crippen molar-refractivity contribution >= 4 is 17.7 Å². The van der Waals surface area contributed by atoms with Gasteiger partial charge in [-0.1, -0.05) is 32.4 Å². The minimum Gasteiger partial charge on any atom is -0.396 e. The molecule has 8 heteroatoms. The van der Waals surface area contributed by atoms with Gasteiger partial charge in [0, 0.05) is 39.3 Å². The van der Waals surface area contributed by atoms with Crippen molar-refractivity contribution in [3.63, 3.8) is 0 Å². The number of fused-ring (bicyclic) bond motifs is 1. The molecule has 3 amide bonds. The summed E-state index contributed by atoms with van der Waals surface area (Å²) in [7, 11) is 1.73. The molecule has 3 aliphatic heterocycles. The molecule has 0 aromatic carbocycles. The Morgan fingerprint density at radius 2 is 1.89 bits per heavy atom. The van der Waals surface area contributed by atoms with E-state index < -0.39 is 29.1 Å². The highest BCUT2D eigenvalue weighted by Gasteiger charge is 2.78. The number of ether oxygens (including phenoxy) is 1. The quantitative estimate of drug-likeness (QED) is 0.291. The molecule has 6 atom stereocenters. The Bertz CT molecular complexity index is 862. The minimum absolute atomic E-state index is 0.0137. The molecule has 202 valence electrons. The summed E-state index contributed by atoms with van der Waals surface area (Å²) >= 11 is 0. The molecule has 3 unspecified atom stereocenters. The van der Waals surface area contributed by atoms with E-state index in [1.165, 1.54) is 0 Å². The summed E-state index contributed by atoms with van der Waals surface area (Å²) in [5.74, 6) is -1.75. The van der Waals surface area contributed by atoms with Gasteiger partial charge >= 0.3 is 0 Å². The first kappa shape index (κ1) is 28.4. The number of rotatable bonds is 14. The maximum atomic E-state index is 14.3. The zero-order chi connectivity index (χ0) is 26.7. The zero-order valence-corrected chi connectivity index (χ0v) is 22.6. The third-order valence-corrected chi connectivity index (χ3v) is 8.61. The molecule has 1 N–H and O–H groups in total. The van der Waals surface area contributed by atoms with Gasteiger partial charge in [0.1, 0.15) is 11.6 Å². The van der Waals surface area contributed by atoms with Crippen molar-refractivity contribution in [2.24, 2.45) is 11.8 Å². The van der Waals surface area contributed by atoms with Crippen LogP contribution in [-0.2, 0) is 19.1 Å². The molecule has 3 rings (SSSR count). The van der Waals surface area contributed by atoms with Crippen LogP contribution in [0.25, 0.3) is 0 Å². The molecule has 0 aliphatic carbocycles. The second-order valence-electron chi connectivity index (χ2n) is 10.7. The highest BCUT2D eigenvalue weighted by molar-refractivity contribution is 5.99. The van der Waals surface area contributed by atoms with Gasteiger partial charge in [0.2, 0.25) is 17.7 Å². The van der Waals surface area contributed by atoms with E-state index in [0.29, 0.717) is 51.7 Å². The van der Waals surface area contributed by atoms with Gasteiger partial charge in [-0.2, -0.15) is 0 Å². The van der Waals surface area contributed by atoms with Gasteiger partial charge in [0.15, 0.2) is 0 Å². The number of aliphatic hydroxyl groups excluding tert-OH is 1. The maximum Gasteiger partial charge on any atom is 0.248 e. The molecule has 3 fully saturated rings. The van der Waals surface area contributed by atoms with E-state index >= 15 is 0 Å². The van der Waals surface area contributed by atoms with Crippen molar-refractivity contribution in [3.05, 3.63) is 25.3 Å². The van der Waals surface area contributed by atoms with Crippen molar-refractivity contribution in [3.8, 4) is 0 Å². The van der Waals surface area contributed by atoms with E-state index in [-0.39, 0.29) is 30.4 Å². The lowest BCUT2D eigenvalue weighted by atomic mass is 9.64. The smallest absolute Gasteiger partial charge is 0.248 e. The summed E-state index contributed by atoms with van der Waals surface area (Å²) in [6.07, 6.45) is 8.11. The Balaban J connectivity index is 2.09. The Hall–Kier alpha value is -2.19. The number of carbonyl (C=O) groups excluding carboxylic acids is 3. The van der Waals surface area contributed by atoms with Gasteiger partial charge < -0.3 is 24.5 Å². The third kappa shape index (κ3) is 4.51. The number of nitrogens with zero attached hydrogens (tertiary/aromatic N) is 3. The van der Waals surface area contributed by atoms with Gasteiger partial charge in [-0.05, 0) is 45.4 Å². The van der Waals surface area contributed by atoms with E-state index in [2.05, 4.69) is 20.1 Å². The SMILES string of the molecule is C=CCN(C)C(=O)[C@H]1[C@H]2C(=O)N(CCCCO)C(C(=O)N(CC=C)C(C)CCC)C23CC[C@]1(CC)O3. The van der Waals surface area contributed by atoms with Crippen LogP contribution < -0.4 is 0 Å². The lowest BCUT2D eigenvalue weighted by Gasteiger charge is -2.39. The molecule has 3 aliphatic rings. The largest absolute Gasteiger partial charge is 0.396 e. The number of hydrogen-bond acceptors (Lipinski definition) is 5. The topological polar surface area (TPSA) is 90.4 Å². The third-order valence-electron chi connectivity index (χ3n) is 8.61. The van der Waals surface area contributed by atoms with Gasteiger partial charge in [-0.3, -0.25) is 14.4 Å². The van der Waals surface area contributed by atoms with Crippen LogP contribution in [0.5, 0.6) is 0 Å². The first-order valence-corrected chi connectivity index (χ1v) is 13.6. The number of likely N-dealkylation sites (N-methyl/N-ethyl adjacent to an activating group) is 1. The lowest BCUT2D eigenvalue weighted by Crippen LogP contribution is -2.58. The molecule has 0 aromatic heterocycles. The predicted molar refractivity (Wildman–Crippen MR) is 139 cm³/mol. The predicted octanol–water partition coefficient (Wildman–Crippen LogP) is 2.76. The van der Waals surface area contributed by atoms with Crippen LogP contribution in [0.15, 0.2) is 25.3 Å². The van der Waals surface area contributed by atoms with Crippen molar-refractivity contribution in [2.45, 2.75) is 89.0 Å². The number of carbonyl (C=O) groups is 3. The fourth-order valence-corrected chi connectivity index (χ4v) is 6.89. The first-order chi connectivity index (χ1) is 17.2. The maximum absolute atomic E-state index is 14.3. The normalized spacial score (nSPS) is 31.3. The molecule has 0 saturated carbocycles. The van der Waals surface area contributed by atoms with Crippen LogP contribution >= 0.6 is 0 Å². The summed E-state index contributed by atoms with van der Waals surface area (Å²) in [4.78, 5) is 47.3. The zero-order valence-electron chi connectivity index (χ0n) is 22.6. The monoisotopic (exact) mass is 503 g/mol. The average molecular weight is 504 g/mol. The van der Waals surface area contributed by atoms with E-state index in [4.69, 9.17) is 4.74 Å². The van der Waals surface area contributed by atoms with Crippen molar-refractivity contribution in [1.82, 2.24) is 14.7 Å². The van der Waals surface area contributed by atoms with Crippen LogP contribution in [0, 0.1) is 11.8 Å². The molecular weight excluding hydrogens is 458 g/mol. The molecular formula is C28H45N3O5. The highest BCUT2D eigenvalue weighted by atomic mass is 16.5. The average Bonchev–Trinajstić information content (AvgIpc) is 3.46. The number of unbranched alkanes of at least 4 members (excludes halogenated alkanes) is 1. The van der Waals surface area contributed by atoms with E-state index in [1.54, 1.807) is 29.0 Å². The van der Waals surface area contributed by atoms with Crippen molar-refractivity contribution < 1.29 is 24.2 Å². The van der Waals surface area contributed by atoms with E-state index in [9.17, 15) is 19.5 Å². The molecule has 3 heterocycles. The minimum atomic E-state index is -1.02. The number of aliphatic hydroxyl groups is 1. The molecule has 0 aromatic rings. The first-order valence-electron chi connectivity index (χ1n) is 13.6. The standard InChI is InChI=1S/C28H45N3O5/c1-7-13-20(5)30(17-9-3)26(35)23-28-15-14-27(10-4,36-28)21(24(33)29(6)16-8-2)22(28)25(34)31(23)18-11-12-19-32/h8-9,20-23,32H,2-3,7,10-19H2,1,4-6H3/t20?,21-,22+,23?,27+,28?/m1/s1. The Morgan fingerprint density at radius 3 is 2.47 bits per heavy atom. The van der Waals surface area contributed by atoms with Gasteiger partial charge in [-0.15, -0.1) is 13.2 Å². The number of likely N-dealkylation sites (tertiary alicyclic amines) is 1. The van der Waals surface area contributed by atoms with Crippen LogP contribution in [0.1, 0.15) is 65.7 Å². The molecule has 2 bridgehead atoms. The molecule has 3 saturated heterocycles. The summed E-state index contributed by atoms with van der Waals surface area (Å²) in [5, 5.41) is 9.36. The Kier molecular flexibility index (Phi) is 9.04. The van der Waals surface area contributed by atoms with Gasteiger partial charge in [0.05, 0.1) is 17.4 Å². The van der Waals surface area contributed by atoms with Crippen LogP contribution in [0.4, 0.5) is 0 Å². The molecule has 8 nitrogen and oxygen atoms in total. The Labute approximate surface area is 216 Å². The molecule has 1 spiro atoms. The van der Waals surface area contributed by atoms with Gasteiger partial charge in [0.25, 0.3) is 0 Å². The summed E-state index contributed by atoms with van der Waals surface area (Å²) in [5.41, 5.74) is -1.77. The van der Waals surface area contributed by atoms with Crippen LogP contribution in [0.2, 0.25) is 0 Å².